The quantitative estimate of drug-likeness (QED) is 0.659. The van der Waals surface area contributed by atoms with E-state index >= 15 is 0 Å². The van der Waals surface area contributed by atoms with Gasteiger partial charge in [-0.2, -0.15) is 5.10 Å². The monoisotopic (exact) mass is 406 g/mol. The van der Waals surface area contributed by atoms with E-state index in [2.05, 4.69) is 15.7 Å². The van der Waals surface area contributed by atoms with Crippen LogP contribution in [-0.4, -0.2) is 21.6 Å². The predicted molar refractivity (Wildman–Crippen MR) is 114 cm³/mol. The van der Waals surface area contributed by atoms with Crippen LogP contribution < -0.4 is 10.6 Å². The zero-order chi connectivity index (χ0) is 21.3. The number of hydrogen-bond acceptors (Lipinski definition) is 3. The van der Waals surface area contributed by atoms with Crippen molar-refractivity contribution in [2.75, 3.05) is 10.6 Å². The van der Waals surface area contributed by atoms with E-state index in [0.29, 0.717) is 23.5 Å². The largest absolute Gasteiger partial charge is 0.326 e. The van der Waals surface area contributed by atoms with Gasteiger partial charge in [0.05, 0.1) is 5.69 Å². The Labute approximate surface area is 174 Å². The third-order valence-electron chi connectivity index (χ3n) is 5.31. The Morgan fingerprint density at radius 3 is 2.60 bits per heavy atom. The maximum Gasteiger partial charge on any atom is 0.276 e. The molecule has 1 aliphatic carbocycles. The molecule has 3 aromatic rings. The van der Waals surface area contributed by atoms with Gasteiger partial charge < -0.3 is 10.6 Å². The van der Waals surface area contributed by atoms with Crippen LogP contribution in [0.25, 0.3) is 5.69 Å². The number of hydrogen-bond donors (Lipinski definition) is 2. The van der Waals surface area contributed by atoms with Crippen molar-refractivity contribution in [3.05, 3.63) is 70.8 Å². The SMILES string of the molecule is CCC(=O)Nc1ccc(C)c(NC(=O)c2nn(-c3ccc(F)cc3)c3c2CCC3)c1. The van der Waals surface area contributed by atoms with Crippen LogP contribution in [0.3, 0.4) is 0 Å². The van der Waals surface area contributed by atoms with Crippen LogP contribution in [0.4, 0.5) is 15.8 Å². The lowest BCUT2D eigenvalue weighted by atomic mass is 10.1. The molecule has 0 spiro atoms. The van der Waals surface area contributed by atoms with Crippen molar-refractivity contribution in [2.24, 2.45) is 0 Å². The first kappa shape index (κ1) is 19.8. The van der Waals surface area contributed by atoms with Crippen LogP contribution >= 0.6 is 0 Å². The first-order valence-electron chi connectivity index (χ1n) is 10.0. The van der Waals surface area contributed by atoms with Crippen molar-refractivity contribution < 1.29 is 14.0 Å². The van der Waals surface area contributed by atoms with E-state index in [9.17, 15) is 14.0 Å². The van der Waals surface area contributed by atoms with E-state index in [1.807, 2.05) is 13.0 Å². The number of benzene rings is 2. The highest BCUT2D eigenvalue weighted by Crippen LogP contribution is 2.29. The van der Waals surface area contributed by atoms with Crippen molar-refractivity contribution >= 4 is 23.2 Å². The zero-order valence-corrected chi connectivity index (χ0v) is 17.0. The van der Waals surface area contributed by atoms with Crippen molar-refractivity contribution in [3.63, 3.8) is 0 Å². The van der Waals surface area contributed by atoms with E-state index in [4.69, 9.17) is 0 Å². The molecule has 0 fully saturated rings. The summed E-state index contributed by atoms with van der Waals surface area (Å²) in [6, 6.07) is 11.5. The molecule has 30 heavy (non-hydrogen) atoms. The Morgan fingerprint density at radius 2 is 1.87 bits per heavy atom. The summed E-state index contributed by atoms with van der Waals surface area (Å²) in [5.74, 6) is -0.700. The van der Waals surface area contributed by atoms with E-state index in [-0.39, 0.29) is 17.6 Å². The molecular formula is C23H23FN4O2. The second kappa shape index (κ2) is 8.10. The lowest BCUT2D eigenvalue weighted by Gasteiger charge is -2.11. The van der Waals surface area contributed by atoms with Crippen LogP contribution in [0.2, 0.25) is 0 Å². The number of fused-ring (bicyclic) bond motifs is 1. The van der Waals surface area contributed by atoms with Gasteiger partial charge in [0.25, 0.3) is 5.91 Å². The normalized spacial score (nSPS) is 12.5. The Kier molecular flexibility index (Phi) is 5.35. The Morgan fingerprint density at radius 1 is 1.10 bits per heavy atom. The minimum absolute atomic E-state index is 0.0907. The predicted octanol–water partition coefficient (Wildman–Crippen LogP) is 4.41. The number of nitrogens with zero attached hydrogens (tertiary/aromatic N) is 2. The fraction of sp³-hybridized carbons (Fsp3) is 0.261. The summed E-state index contributed by atoms with van der Waals surface area (Å²) in [6.07, 6.45) is 2.93. The standard InChI is InChI=1S/C23H23FN4O2/c1-3-21(29)25-16-10-7-14(2)19(13-16)26-23(30)22-18-5-4-6-20(18)28(27-22)17-11-8-15(24)9-12-17/h7-13H,3-6H2,1-2H3,(H,25,29)(H,26,30). The van der Waals surface area contributed by atoms with Gasteiger partial charge in [-0.15, -0.1) is 0 Å². The second-order valence-electron chi connectivity index (χ2n) is 7.40. The lowest BCUT2D eigenvalue weighted by molar-refractivity contribution is -0.115. The fourth-order valence-electron chi connectivity index (χ4n) is 3.68. The van der Waals surface area contributed by atoms with E-state index in [1.165, 1.54) is 12.1 Å². The lowest BCUT2D eigenvalue weighted by Crippen LogP contribution is -2.16. The summed E-state index contributed by atoms with van der Waals surface area (Å²) in [5, 5.41) is 10.3. The average Bonchev–Trinajstić information content (AvgIpc) is 3.34. The third kappa shape index (κ3) is 3.83. The maximum atomic E-state index is 13.3. The molecule has 0 saturated heterocycles. The van der Waals surface area contributed by atoms with Crippen LogP contribution in [0.5, 0.6) is 0 Å². The number of aromatic nitrogens is 2. The Bertz CT molecular complexity index is 1120. The number of amides is 2. The number of aryl methyl sites for hydroxylation is 1. The topological polar surface area (TPSA) is 76.0 Å². The minimum atomic E-state index is -0.314. The molecule has 0 unspecified atom stereocenters. The summed E-state index contributed by atoms with van der Waals surface area (Å²) < 4.78 is 15.0. The number of anilines is 2. The molecule has 2 aromatic carbocycles. The van der Waals surface area contributed by atoms with Crippen LogP contribution in [0.15, 0.2) is 42.5 Å². The van der Waals surface area contributed by atoms with Crippen molar-refractivity contribution in [3.8, 4) is 5.69 Å². The van der Waals surface area contributed by atoms with E-state index in [0.717, 1.165) is 41.8 Å². The number of carbonyl (C=O) groups is 2. The number of rotatable bonds is 5. The number of nitrogens with one attached hydrogen (secondary N) is 2. The molecule has 0 aliphatic heterocycles. The molecule has 7 heteroatoms. The molecule has 0 saturated carbocycles. The summed E-state index contributed by atoms with van der Waals surface area (Å²) in [5.41, 5.74) is 5.18. The van der Waals surface area contributed by atoms with Gasteiger partial charge in [0.2, 0.25) is 5.91 Å². The van der Waals surface area contributed by atoms with Crippen molar-refractivity contribution in [2.45, 2.75) is 39.5 Å². The zero-order valence-electron chi connectivity index (χ0n) is 17.0. The third-order valence-corrected chi connectivity index (χ3v) is 5.31. The number of halogens is 1. The molecule has 0 radical (unpaired) electrons. The van der Waals surface area contributed by atoms with Crippen LogP contribution in [0.1, 0.15) is 47.1 Å². The second-order valence-corrected chi connectivity index (χ2v) is 7.40. The van der Waals surface area contributed by atoms with Gasteiger partial charge in [-0.05, 0) is 68.1 Å². The van der Waals surface area contributed by atoms with Gasteiger partial charge in [0.1, 0.15) is 5.82 Å². The molecule has 1 heterocycles. The van der Waals surface area contributed by atoms with Gasteiger partial charge in [0, 0.05) is 29.1 Å². The Hall–Kier alpha value is -3.48. The molecule has 2 amide bonds. The molecule has 154 valence electrons. The molecule has 0 bridgehead atoms. The fourth-order valence-corrected chi connectivity index (χ4v) is 3.68. The van der Waals surface area contributed by atoms with Gasteiger partial charge in [-0.1, -0.05) is 13.0 Å². The molecule has 6 nitrogen and oxygen atoms in total. The molecule has 1 aromatic heterocycles. The summed E-state index contributed by atoms with van der Waals surface area (Å²) in [7, 11) is 0. The highest BCUT2D eigenvalue weighted by Gasteiger charge is 2.27. The highest BCUT2D eigenvalue weighted by atomic mass is 19.1. The molecule has 2 N–H and O–H groups in total. The van der Waals surface area contributed by atoms with Crippen LogP contribution in [-0.2, 0) is 17.6 Å². The van der Waals surface area contributed by atoms with Gasteiger partial charge in [-0.3, -0.25) is 9.59 Å². The minimum Gasteiger partial charge on any atom is -0.326 e. The van der Waals surface area contributed by atoms with Gasteiger partial charge in [0.15, 0.2) is 5.69 Å². The summed E-state index contributed by atoms with van der Waals surface area (Å²) in [4.78, 5) is 24.8. The first-order chi connectivity index (χ1) is 14.5. The average molecular weight is 406 g/mol. The summed E-state index contributed by atoms with van der Waals surface area (Å²) >= 11 is 0. The smallest absolute Gasteiger partial charge is 0.276 e. The molecule has 1 aliphatic rings. The molecule has 4 rings (SSSR count). The maximum absolute atomic E-state index is 13.3. The first-order valence-corrected chi connectivity index (χ1v) is 10.0. The van der Waals surface area contributed by atoms with Gasteiger partial charge in [-0.25, -0.2) is 9.07 Å². The van der Waals surface area contributed by atoms with E-state index in [1.54, 1.807) is 35.9 Å². The molecular weight excluding hydrogens is 383 g/mol. The van der Waals surface area contributed by atoms with Gasteiger partial charge >= 0.3 is 0 Å². The summed E-state index contributed by atoms with van der Waals surface area (Å²) in [6.45, 7) is 3.67. The van der Waals surface area contributed by atoms with E-state index < -0.39 is 0 Å². The van der Waals surface area contributed by atoms with Crippen molar-refractivity contribution in [1.29, 1.82) is 0 Å². The van der Waals surface area contributed by atoms with Crippen LogP contribution in [0, 0.1) is 12.7 Å². The van der Waals surface area contributed by atoms with Crippen molar-refractivity contribution in [1.82, 2.24) is 9.78 Å². The Balaban J connectivity index is 1.63. The molecule has 0 atom stereocenters. The highest BCUT2D eigenvalue weighted by molar-refractivity contribution is 6.05. The number of carbonyl (C=O) groups excluding carboxylic acids is 2.